The SMILES string of the molecule is Cn1nc(C(=O)N[C@@H]2CCC[C@H](Nc3nc(-c4c[nH]c5c(F)cc(Cl)cc45)ncc3F)C2)cc1N. The van der Waals surface area contributed by atoms with Gasteiger partial charge in [0.25, 0.3) is 5.91 Å². The molecule has 0 bridgehead atoms. The van der Waals surface area contributed by atoms with Gasteiger partial charge in [0.1, 0.15) is 11.6 Å². The van der Waals surface area contributed by atoms with Crippen molar-refractivity contribution < 1.29 is 13.6 Å². The molecule has 0 radical (unpaired) electrons. The van der Waals surface area contributed by atoms with E-state index in [2.05, 4.69) is 30.7 Å². The van der Waals surface area contributed by atoms with Crippen LogP contribution in [0.1, 0.15) is 36.2 Å². The normalized spacial score (nSPS) is 18.1. The van der Waals surface area contributed by atoms with Crippen molar-refractivity contribution in [1.82, 2.24) is 30.0 Å². The molecule has 1 amide bonds. The van der Waals surface area contributed by atoms with E-state index in [9.17, 15) is 13.6 Å². The van der Waals surface area contributed by atoms with E-state index in [-0.39, 0.29) is 45.9 Å². The van der Waals surface area contributed by atoms with Crippen molar-refractivity contribution >= 4 is 40.0 Å². The first-order valence-electron chi connectivity index (χ1n) is 11.1. The lowest BCUT2D eigenvalue weighted by molar-refractivity contribution is 0.0920. The maximum atomic E-state index is 14.6. The number of hydrogen-bond donors (Lipinski definition) is 4. The van der Waals surface area contributed by atoms with E-state index < -0.39 is 11.6 Å². The van der Waals surface area contributed by atoms with Gasteiger partial charge in [-0.3, -0.25) is 9.48 Å². The van der Waals surface area contributed by atoms with Gasteiger partial charge in [0.2, 0.25) is 0 Å². The van der Waals surface area contributed by atoms with Crippen LogP contribution < -0.4 is 16.4 Å². The second-order valence-corrected chi connectivity index (χ2v) is 9.10. The maximum Gasteiger partial charge on any atom is 0.272 e. The van der Waals surface area contributed by atoms with E-state index in [1.807, 2.05) is 0 Å². The van der Waals surface area contributed by atoms with Gasteiger partial charge in [-0.15, -0.1) is 0 Å². The predicted octanol–water partition coefficient (Wildman–Crippen LogP) is 4.03. The molecule has 1 fully saturated rings. The molecule has 35 heavy (non-hydrogen) atoms. The van der Waals surface area contributed by atoms with E-state index in [4.69, 9.17) is 17.3 Å². The molecule has 1 aliphatic rings. The first kappa shape index (κ1) is 23.0. The fourth-order valence-electron chi connectivity index (χ4n) is 4.44. The van der Waals surface area contributed by atoms with Gasteiger partial charge in [-0.25, -0.2) is 18.7 Å². The van der Waals surface area contributed by atoms with Gasteiger partial charge in [-0.2, -0.15) is 5.10 Å². The Bertz CT molecular complexity index is 1400. The number of aryl methyl sites for hydroxylation is 1. The highest BCUT2D eigenvalue weighted by atomic mass is 35.5. The monoisotopic (exact) mass is 500 g/mol. The number of hydrogen-bond acceptors (Lipinski definition) is 6. The van der Waals surface area contributed by atoms with Crippen molar-refractivity contribution in [3.8, 4) is 11.4 Å². The molecule has 5 rings (SSSR count). The number of aromatic nitrogens is 5. The number of nitrogens with two attached hydrogens (primary N) is 1. The minimum Gasteiger partial charge on any atom is -0.384 e. The number of anilines is 2. The molecule has 3 aromatic heterocycles. The topological polar surface area (TPSA) is 127 Å². The number of carbonyl (C=O) groups excluding carboxylic acids is 1. The number of fused-ring (bicyclic) bond motifs is 1. The molecule has 2 atom stereocenters. The quantitative estimate of drug-likeness (QED) is 0.328. The Morgan fingerprint density at radius 3 is 2.80 bits per heavy atom. The number of nitrogens with one attached hydrogen (secondary N) is 3. The first-order chi connectivity index (χ1) is 16.8. The molecular weight excluding hydrogens is 478 g/mol. The predicted molar refractivity (Wildman–Crippen MR) is 129 cm³/mol. The van der Waals surface area contributed by atoms with Crippen molar-refractivity contribution in [3.63, 3.8) is 0 Å². The third-order valence-corrected chi connectivity index (χ3v) is 6.41. The third-order valence-electron chi connectivity index (χ3n) is 6.19. The smallest absolute Gasteiger partial charge is 0.272 e. The summed E-state index contributed by atoms with van der Waals surface area (Å²) in [5.41, 5.74) is 6.79. The molecule has 9 nitrogen and oxygen atoms in total. The molecule has 182 valence electrons. The molecule has 0 unspecified atom stereocenters. The number of nitrogen functional groups attached to an aromatic ring is 1. The van der Waals surface area contributed by atoms with Crippen LogP contribution in [-0.4, -0.2) is 42.7 Å². The highest BCUT2D eigenvalue weighted by Gasteiger charge is 2.26. The molecule has 0 aliphatic heterocycles. The Morgan fingerprint density at radius 1 is 1.23 bits per heavy atom. The molecular formula is C23H23ClF2N8O. The Labute approximate surface area is 204 Å². The number of benzene rings is 1. The van der Waals surface area contributed by atoms with Crippen molar-refractivity contribution in [2.24, 2.45) is 7.05 Å². The summed E-state index contributed by atoms with van der Waals surface area (Å²) in [5, 5.41) is 11.0. The van der Waals surface area contributed by atoms with E-state index in [0.29, 0.717) is 23.2 Å². The second kappa shape index (κ2) is 9.14. The van der Waals surface area contributed by atoms with Crippen molar-refractivity contribution in [1.29, 1.82) is 0 Å². The van der Waals surface area contributed by atoms with Crippen LogP contribution >= 0.6 is 11.6 Å². The van der Waals surface area contributed by atoms with Crippen LogP contribution in [0.15, 0.2) is 30.6 Å². The van der Waals surface area contributed by atoms with E-state index in [0.717, 1.165) is 25.5 Å². The molecule has 5 N–H and O–H groups in total. The Balaban J connectivity index is 1.32. The summed E-state index contributed by atoms with van der Waals surface area (Å²) in [6, 6.07) is 4.11. The van der Waals surface area contributed by atoms with E-state index in [1.165, 1.54) is 16.8 Å². The summed E-state index contributed by atoms with van der Waals surface area (Å²) in [4.78, 5) is 23.9. The lowest BCUT2D eigenvalue weighted by atomic mass is 9.91. The van der Waals surface area contributed by atoms with Crippen molar-refractivity contribution in [3.05, 3.63) is 52.9 Å². The van der Waals surface area contributed by atoms with Gasteiger partial charge in [-0.05, 0) is 37.8 Å². The van der Waals surface area contributed by atoms with Gasteiger partial charge in [0.05, 0.1) is 11.7 Å². The summed E-state index contributed by atoms with van der Waals surface area (Å²) in [5.74, 6) is -0.732. The van der Waals surface area contributed by atoms with Gasteiger partial charge in [0.15, 0.2) is 23.2 Å². The zero-order valence-corrected chi connectivity index (χ0v) is 19.5. The Hall–Kier alpha value is -3.73. The molecule has 1 saturated carbocycles. The largest absolute Gasteiger partial charge is 0.384 e. The van der Waals surface area contributed by atoms with E-state index in [1.54, 1.807) is 19.3 Å². The minimum absolute atomic E-state index is 0.0429. The summed E-state index contributed by atoms with van der Waals surface area (Å²) in [7, 11) is 1.67. The van der Waals surface area contributed by atoms with Crippen LogP contribution in [0, 0.1) is 11.6 Å². The first-order valence-corrected chi connectivity index (χ1v) is 11.5. The second-order valence-electron chi connectivity index (χ2n) is 8.66. The van der Waals surface area contributed by atoms with Crippen molar-refractivity contribution in [2.45, 2.75) is 37.8 Å². The molecule has 12 heteroatoms. The molecule has 0 saturated heterocycles. The maximum absolute atomic E-state index is 14.6. The molecule has 3 heterocycles. The molecule has 0 spiro atoms. The Morgan fingerprint density at radius 2 is 2.03 bits per heavy atom. The summed E-state index contributed by atoms with van der Waals surface area (Å²) in [6.07, 6.45) is 5.66. The van der Waals surface area contributed by atoms with Gasteiger partial charge in [-0.1, -0.05) is 11.6 Å². The van der Waals surface area contributed by atoms with Crippen LogP contribution in [-0.2, 0) is 7.05 Å². The number of halogens is 3. The van der Waals surface area contributed by atoms with Gasteiger partial charge >= 0.3 is 0 Å². The lowest BCUT2D eigenvalue weighted by Crippen LogP contribution is -2.42. The average molecular weight is 501 g/mol. The number of rotatable bonds is 5. The van der Waals surface area contributed by atoms with Crippen LogP contribution in [0.5, 0.6) is 0 Å². The lowest BCUT2D eigenvalue weighted by Gasteiger charge is -2.30. The van der Waals surface area contributed by atoms with Gasteiger partial charge < -0.3 is 21.4 Å². The van der Waals surface area contributed by atoms with Crippen LogP contribution in [0.2, 0.25) is 5.02 Å². The fourth-order valence-corrected chi connectivity index (χ4v) is 4.64. The number of aromatic amines is 1. The van der Waals surface area contributed by atoms with E-state index >= 15 is 0 Å². The highest BCUT2D eigenvalue weighted by Crippen LogP contribution is 2.32. The van der Waals surface area contributed by atoms with Crippen LogP contribution in [0.3, 0.4) is 0 Å². The number of amides is 1. The van der Waals surface area contributed by atoms with Crippen LogP contribution in [0.4, 0.5) is 20.4 Å². The minimum atomic E-state index is -0.604. The molecule has 4 aromatic rings. The zero-order valence-electron chi connectivity index (χ0n) is 18.8. The highest BCUT2D eigenvalue weighted by molar-refractivity contribution is 6.31. The zero-order chi connectivity index (χ0) is 24.7. The third kappa shape index (κ3) is 4.63. The average Bonchev–Trinajstić information content (AvgIpc) is 3.39. The molecule has 1 aliphatic carbocycles. The number of carbonyl (C=O) groups is 1. The van der Waals surface area contributed by atoms with Gasteiger partial charge in [0, 0.05) is 47.4 Å². The molecule has 1 aromatic carbocycles. The summed E-state index contributed by atoms with van der Waals surface area (Å²) < 4.78 is 30.3. The fraction of sp³-hybridized carbons (Fsp3) is 0.304. The van der Waals surface area contributed by atoms with Crippen LogP contribution in [0.25, 0.3) is 22.3 Å². The number of nitrogens with zero attached hydrogens (tertiary/aromatic N) is 4. The van der Waals surface area contributed by atoms with Crippen molar-refractivity contribution in [2.75, 3.05) is 11.1 Å². The standard InChI is InChI=1S/C23H23ClF2N8O/c1-34-19(27)8-18(33-34)23(35)31-13-4-2-3-12(7-13)30-22-17(26)10-29-21(32-22)15-9-28-20-14(15)5-11(24)6-16(20)25/h5-6,8-10,12-13,28H,2-4,7,27H2,1H3,(H,31,35)(H,29,30,32)/t12-,13+/m0/s1. The Kier molecular flexibility index (Phi) is 6.01. The number of H-pyrrole nitrogens is 1. The summed E-state index contributed by atoms with van der Waals surface area (Å²) in [6.45, 7) is 0. The summed E-state index contributed by atoms with van der Waals surface area (Å²) >= 11 is 6.01.